The Morgan fingerprint density at radius 1 is 1.33 bits per heavy atom. The van der Waals surface area contributed by atoms with Gasteiger partial charge in [0.15, 0.2) is 0 Å². The van der Waals surface area contributed by atoms with Crippen LogP contribution in [0, 0.1) is 0 Å². The van der Waals surface area contributed by atoms with Crippen molar-refractivity contribution in [3.05, 3.63) is 23.8 Å². The topological polar surface area (TPSA) is 35.2 Å². The molecule has 0 bridgehead atoms. The monoisotopic (exact) mass is 205 g/mol. The van der Waals surface area contributed by atoms with Gasteiger partial charge < -0.3 is 10.5 Å². The van der Waals surface area contributed by atoms with Crippen molar-refractivity contribution in [1.29, 1.82) is 0 Å². The van der Waals surface area contributed by atoms with Gasteiger partial charge in [-0.05, 0) is 37.3 Å². The van der Waals surface area contributed by atoms with Crippen molar-refractivity contribution in [1.82, 2.24) is 0 Å². The van der Waals surface area contributed by atoms with E-state index in [-0.39, 0.29) is 5.60 Å². The Bertz CT molecular complexity index is 367. The number of para-hydroxylation sites is 1. The molecule has 0 saturated heterocycles. The maximum Gasteiger partial charge on any atom is 0.146 e. The third kappa shape index (κ3) is 2.09. The number of hydrogen-bond acceptors (Lipinski definition) is 2. The highest BCUT2D eigenvalue weighted by molar-refractivity contribution is 5.58. The van der Waals surface area contributed by atoms with Crippen molar-refractivity contribution in [2.75, 3.05) is 5.73 Å². The van der Waals surface area contributed by atoms with Gasteiger partial charge in [-0.1, -0.05) is 26.0 Å². The highest BCUT2D eigenvalue weighted by Crippen LogP contribution is 2.43. The molecule has 0 aromatic heterocycles. The third-order valence-corrected chi connectivity index (χ3v) is 3.00. The molecule has 1 saturated carbocycles. The van der Waals surface area contributed by atoms with Crippen LogP contribution >= 0.6 is 0 Å². The zero-order chi connectivity index (χ0) is 11.1. The zero-order valence-corrected chi connectivity index (χ0v) is 9.71. The maximum absolute atomic E-state index is 6.01. The van der Waals surface area contributed by atoms with Crippen LogP contribution in [0.15, 0.2) is 18.2 Å². The van der Waals surface area contributed by atoms with Crippen molar-refractivity contribution in [2.45, 2.75) is 45.1 Å². The Kier molecular flexibility index (Phi) is 2.37. The number of nitrogen functional groups attached to an aromatic ring is 1. The van der Waals surface area contributed by atoms with Crippen LogP contribution in [0.2, 0.25) is 0 Å². The number of hydrogen-bond donors (Lipinski definition) is 1. The Balaban J connectivity index is 2.34. The van der Waals surface area contributed by atoms with Crippen LogP contribution in [0.25, 0.3) is 0 Å². The lowest BCUT2D eigenvalue weighted by molar-refractivity contribution is 0.199. The molecule has 0 unspecified atom stereocenters. The quantitative estimate of drug-likeness (QED) is 0.768. The summed E-state index contributed by atoms with van der Waals surface area (Å²) in [4.78, 5) is 0. The summed E-state index contributed by atoms with van der Waals surface area (Å²) in [6.45, 7) is 6.47. The first-order chi connectivity index (χ1) is 7.02. The molecule has 1 fully saturated rings. The minimum atomic E-state index is 0.0408. The van der Waals surface area contributed by atoms with Crippen LogP contribution in [0.4, 0.5) is 5.69 Å². The Hall–Kier alpha value is -1.18. The summed E-state index contributed by atoms with van der Waals surface area (Å²) >= 11 is 0. The average Bonchev–Trinajstić information content (AvgIpc) is 2.87. The first-order valence-corrected chi connectivity index (χ1v) is 5.59. The van der Waals surface area contributed by atoms with Gasteiger partial charge in [0.05, 0.1) is 5.69 Å². The molecule has 0 aliphatic heterocycles. The summed E-state index contributed by atoms with van der Waals surface area (Å²) in [6.07, 6.45) is 2.28. The van der Waals surface area contributed by atoms with Crippen molar-refractivity contribution in [3.8, 4) is 5.75 Å². The fourth-order valence-corrected chi connectivity index (χ4v) is 1.67. The number of ether oxygens (including phenoxy) is 1. The average molecular weight is 205 g/mol. The Morgan fingerprint density at radius 3 is 2.53 bits per heavy atom. The van der Waals surface area contributed by atoms with Crippen LogP contribution in [0.3, 0.4) is 0 Å². The fourth-order valence-electron chi connectivity index (χ4n) is 1.67. The van der Waals surface area contributed by atoms with E-state index in [1.54, 1.807) is 0 Å². The molecule has 2 nitrogen and oxygen atoms in total. The summed E-state index contributed by atoms with van der Waals surface area (Å²) in [6, 6.07) is 6.00. The highest BCUT2D eigenvalue weighted by atomic mass is 16.5. The molecular weight excluding hydrogens is 186 g/mol. The molecule has 1 aliphatic rings. The molecule has 2 heteroatoms. The molecule has 0 radical (unpaired) electrons. The van der Waals surface area contributed by atoms with Crippen LogP contribution in [0.5, 0.6) is 5.75 Å². The van der Waals surface area contributed by atoms with E-state index in [0.29, 0.717) is 5.92 Å². The number of nitrogens with two attached hydrogens (primary N) is 1. The van der Waals surface area contributed by atoms with E-state index >= 15 is 0 Å². The van der Waals surface area contributed by atoms with Gasteiger partial charge in [0.25, 0.3) is 0 Å². The third-order valence-electron chi connectivity index (χ3n) is 3.00. The molecule has 2 rings (SSSR count). The SMILES string of the molecule is CC(C)c1cccc(N)c1OC1(C)CC1. The van der Waals surface area contributed by atoms with Gasteiger partial charge in [0, 0.05) is 0 Å². The van der Waals surface area contributed by atoms with E-state index in [9.17, 15) is 0 Å². The predicted octanol–water partition coefficient (Wildman–Crippen LogP) is 3.32. The van der Waals surface area contributed by atoms with Crippen molar-refractivity contribution in [2.24, 2.45) is 0 Å². The van der Waals surface area contributed by atoms with Crippen LogP contribution < -0.4 is 10.5 Å². The summed E-state index contributed by atoms with van der Waals surface area (Å²) in [7, 11) is 0. The molecule has 1 aliphatic carbocycles. The Labute approximate surface area is 91.4 Å². The molecule has 82 valence electrons. The number of rotatable bonds is 3. The van der Waals surface area contributed by atoms with Gasteiger partial charge in [-0.2, -0.15) is 0 Å². The minimum Gasteiger partial charge on any atom is -0.485 e. The molecule has 2 N–H and O–H groups in total. The minimum absolute atomic E-state index is 0.0408. The van der Waals surface area contributed by atoms with Crippen molar-refractivity contribution >= 4 is 5.69 Å². The van der Waals surface area contributed by atoms with Gasteiger partial charge in [-0.3, -0.25) is 0 Å². The summed E-state index contributed by atoms with van der Waals surface area (Å²) in [5.74, 6) is 1.35. The molecule has 15 heavy (non-hydrogen) atoms. The van der Waals surface area contributed by atoms with E-state index in [2.05, 4.69) is 26.8 Å². The van der Waals surface area contributed by atoms with E-state index in [0.717, 1.165) is 24.3 Å². The lowest BCUT2D eigenvalue weighted by atomic mass is 10.0. The van der Waals surface area contributed by atoms with Gasteiger partial charge in [0.1, 0.15) is 11.4 Å². The highest BCUT2D eigenvalue weighted by Gasteiger charge is 2.40. The molecule has 1 aromatic rings. The van der Waals surface area contributed by atoms with Gasteiger partial charge >= 0.3 is 0 Å². The van der Waals surface area contributed by atoms with E-state index in [1.165, 1.54) is 5.56 Å². The molecule has 0 spiro atoms. The van der Waals surface area contributed by atoms with Crippen LogP contribution in [-0.2, 0) is 0 Å². The largest absolute Gasteiger partial charge is 0.485 e. The van der Waals surface area contributed by atoms with Gasteiger partial charge in [0.2, 0.25) is 0 Å². The van der Waals surface area contributed by atoms with E-state index < -0.39 is 0 Å². The predicted molar refractivity (Wildman–Crippen MR) is 63.2 cm³/mol. The second kappa shape index (κ2) is 3.44. The van der Waals surface area contributed by atoms with Crippen LogP contribution in [0.1, 0.15) is 45.1 Å². The van der Waals surface area contributed by atoms with E-state index in [1.807, 2.05) is 12.1 Å². The van der Waals surface area contributed by atoms with E-state index in [4.69, 9.17) is 10.5 Å². The normalized spacial score (nSPS) is 17.9. The molecular formula is C13H19NO. The first-order valence-electron chi connectivity index (χ1n) is 5.59. The summed E-state index contributed by atoms with van der Waals surface area (Å²) in [5.41, 5.74) is 7.98. The van der Waals surface area contributed by atoms with Crippen molar-refractivity contribution < 1.29 is 4.74 Å². The fraction of sp³-hybridized carbons (Fsp3) is 0.538. The summed E-state index contributed by atoms with van der Waals surface area (Å²) in [5, 5.41) is 0. The molecule has 1 aromatic carbocycles. The van der Waals surface area contributed by atoms with Gasteiger partial charge in [-0.15, -0.1) is 0 Å². The standard InChI is InChI=1S/C13H19NO/c1-9(2)10-5-4-6-11(14)12(10)15-13(3)7-8-13/h4-6,9H,7-8,14H2,1-3H3. The van der Waals surface area contributed by atoms with Gasteiger partial charge in [-0.25, -0.2) is 0 Å². The zero-order valence-electron chi connectivity index (χ0n) is 9.71. The first kappa shape index (κ1) is 10.3. The molecule has 0 heterocycles. The number of anilines is 1. The lowest BCUT2D eigenvalue weighted by Crippen LogP contribution is -2.15. The summed E-state index contributed by atoms with van der Waals surface area (Å²) < 4.78 is 6.01. The van der Waals surface area contributed by atoms with Crippen molar-refractivity contribution in [3.63, 3.8) is 0 Å². The Morgan fingerprint density at radius 2 is 2.00 bits per heavy atom. The maximum atomic E-state index is 6.01. The lowest BCUT2D eigenvalue weighted by Gasteiger charge is -2.20. The molecule has 0 amide bonds. The second-order valence-electron chi connectivity index (χ2n) is 4.97. The molecule has 0 atom stereocenters. The smallest absolute Gasteiger partial charge is 0.146 e. The number of benzene rings is 1. The second-order valence-corrected chi connectivity index (χ2v) is 4.97. The van der Waals surface area contributed by atoms with Crippen LogP contribution in [-0.4, -0.2) is 5.60 Å².